The molecule has 2 unspecified atom stereocenters. The Hall–Kier alpha value is -0.630. The molecule has 2 heterocycles. The van der Waals surface area contributed by atoms with Gasteiger partial charge in [-0.1, -0.05) is 6.08 Å². The fourth-order valence-corrected chi connectivity index (χ4v) is 2.81. The quantitative estimate of drug-likeness (QED) is 0.649. The Balaban J connectivity index is 1.67. The summed E-state index contributed by atoms with van der Waals surface area (Å²) in [6, 6.07) is 0.619. The maximum absolute atomic E-state index is 4.67. The number of allylic oxidation sites excluding steroid dienone is 1. The molecule has 1 aliphatic carbocycles. The first kappa shape index (κ1) is 8.66. The van der Waals surface area contributed by atoms with Crippen LogP contribution in [0.3, 0.4) is 0 Å². The Bertz CT molecular complexity index is 299. The summed E-state index contributed by atoms with van der Waals surface area (Å²) in [7, 11) is 0. The van der Waals surface area contributed by atoms with E-state index < -0.39 is 0 Å². The number of dihydropyridines is 1. The van der Waals surface area contributed by atoms with Gasteiger partial charge in [0.1, 0.15) is 0 Å². The molecule has 2 nitrogen and oxygen atoms in total. The van der Waals surface area contributed by atoms with Crippen LogP contribution in [0.5, 0.6) is 0 Å². The van der Waals surface area contributed by atoms with Crippen molar-refractivity contribution in [2.45, 2.75) is 32.2 Å². The molecule has 14 heavy (non-hydrogen) atoms. The Labute approximate surface area is 85.7 Å². The molecule has 3 aliphatic rings. The predicted molar refractivity (Wildman–Crippen MR) is 58.8 cm³/mol. The molecule has 1 saturated carbocycles. The Morgan fingerprint density at radius 1 is 1.50 bits per heavy atom. The highest BCUT2D eigenvalue weighted by Crippen LogP contribution is 2.52. The maximum atomic E-state index is 4.67. The zero-order valence-corrected chi connectivity index (χ0v) is 8.87. The largest absolute Gasteiger partial charge is 0.302 e. The molecule has 1 saturated heterocycles. The highest BCUT2D eigenvalue weighted by Gasteiger charge is 2.54. The minimum Gasteiger partial charge on any atom is -0.302 e. The highest BCUT2D eigenvalue weighted by atomic mass is 15.2. The topological polar surface area (TPSA) is 15.6 Å². The SMILES string of the molecule is CC1=NC2CC2(CN2CCCC2)C=C1. The number of rotatable bonds is 2. The van der Waals surface area contributed by atoms with E-state index in [1.54, 1.807) is 0 Å². The number of nitrogens with zero attached hydrogens (tertiary/aromatic N) is 2. The van der Waals surface area contributed by atoms with Crippen LogP contribution in [0, 0.1) is 5.41 Å². The van der Waals surface area contributed by atoms with Gasteiger partial charge in [0, 0.05) is 17.7 Å². The van der Waals surface area contributed by atoms with Crippen molar-refractivity contribution in [1.82, 2.24) is 4.90 Å². The number of hydrogen-bond donors (Lipinski definition) is 0. The van der Waals surface area contributed by atoms with E-state index in [-0.39, 0.29) is 0 Å². The van der Waals surface area contributed by atoms with Crippen molar-refractivity contribution >= 4 is 5.71 Å². The van der Waals surface area contributed by atoms with Crippen LogP contribution in [-0.2, 0) is 0 Å². The standard InChI is InChI=1S/C12H18N2/c1-10-4-5-12(8-11(12)13-10)9-14-6-2-3-7-14/h4-5,11H,2-3,6-9H2,1H3. The second-order valence-corrected chi connectivity index (χ2v) is 5.04. The molecular formula is C12H18N2. The fraction of sp³-hybridized carbons (Fsp3) is 0.750. The van der Waals surface area contributed by atoms with Crippen LogP contribution in [-0.4, -0.2) is 36.3 Å². The fourth-order valence-electron chi connectivity index (χ4n) is 2.81. The van der Waals surface area contributed by atoms with Gasteiger partial charge in [-0.2, -0.15) is 0 Å². The van der Waals surface area contributed by atoms with Gasteiger partial charge in [0.05, 0.1) is 6.04 Å². The Kier molecular flexibility index (Phi) is 1.81. The molecule has 76 valence electrons. The van der Waals surface area contributed by atoms with Crippen LogP contribution < -0.4 is 0 Å². The number of likely N-dealkylation sites (tertiary alicyclic amines) is 1. The van der Waals surface area contributed by atoms with E-state index in [1.165, 1.54) is 44.6 Å². The molecule has 0 amide bonds. The van der Waals surface area contributed by atoms with Gasteiger partial charge in [-0.05, 0) is 45.4 Å². The lowest BCUT2D eigenvalue weighted by molar-refractivity contribution is 0.288. The minimum absolute atomic E-state index is 0.448. The van der Waals surface area contributed by atoms with Gasteiger partial charge in [0.2, 0.25) is 0 Å². The molecule has 2 fully saturated rings. The Morgan fingerprint density at radius 2 is 2.29 bits per heavy atom. The minimum atomic E-state index is 0.448. The van der Waals surface area contributed by atoms with Crippen LogP contribution >= 0.6 is 0 Å². The maximum Gasteiger partial charge on any atom is 0.0616 e. The van der Waals surface area contributed by atoms with Gasteiger partial charge < -0.3 is 4.90 Å². The van der Waals surface area contributed by atoms with Gasteiger partial charge in [0.25, 0.3) is 0 Å². The first-order valence-electron chi connectivity index (χ1n) is 5.75. The van der Waals surface area contributed by atoms with E-state index in [0.29, 0.717) is 11.5 Å². The van der Waals surface area contributed by atoms with Gasteiger partial charge >= 0.3 is 0 Å². The van der Waals surface area contributed by atoms with E-state index in [9.17, 15) is 0 Å². The van der Waals surface area contributed by atoms with Crippen LogP contribution in [0.25, 0.3) is 0 Å². The van der Waals surface area contributed by atoms with Gasteiger partial charge in [-0.3, -0.25) is 4.99 Å². The van der Waals surface area contributed by atoms with E-state index in [0.717, 1.165) is 0 Å². The lowest BCUT2D eigenvalue weighted by Gasteiger charge is -2.22. The van der Waals surface area contributed by atoms with Crippen molar-refractivity contribution in [2.24, 2.45) is 10.4 Å². The molecular weight excluding hydrogens is 172 g/mol. The summed E-state index contributed by atoms with van der Waals surface area (Å²) in [4.78, 5) is 7.29. The monoisotopic (exact) mass is 190 g/mol. The molecule has 0 aromatic carbocycles. The van der Waals surface area contributed by atoms with E-state index >= 15 is 0 Å². The second-order valence-electron chi connectivity index (χ2n) is 5.04. The van der Waals surface area contributed by atoms with Crippen molar-refractivity contribution in [2.75, 3.05) is 19.6 Å². The summed E-state index contributed by atoms with van der Waals surface area (Å²) in [6.45, 7) is 5.98. The molecule has 0 aromatic rings. The first-order chi connectivity index (χ1) is 6.78. The molecule has 0 bridgehead atoms. The van der Waals surface area contributed by atoms with Crippen LogP contribution in [0.2, 0.25) is 0 Å². The lowest BCUT2D eigenvalue weighted by atomic mass is 10.0. The second kappa shape index (κ2) is 2.93. The molecule has 0 spiro atoms. The third-order valence-electron chi connectivity index (χ3n) is 3.81. The molecule has 2 atom stereocenters. The lowest BCUT2D eigenvalue weighted by Crippen LogP contribution is -2.29. The van der Waals surface area contributed by atoms with Crippen molar-refractivity contribution in [1.29, 1.82) is 0 Å². The number of fused-ring (bicyclic) bond motifs is 1. The van der Waals surface area contributed by atoms with Gasteiger partial charge in [-0.15, -0.1) is 0 Å². The van der Waals surface area contributed by atoms with Gasteiger partial charge in [0.15, 0.2) is 0 Å². The number of hydrogen-bond acceptors (Lipinski definition) is 2. The van der Waals surface area contributed by atoms with Crippen LogP contribution in [0.15, 0.2) is 17.1 Å². The first-order valence-corrected chi connectivity index (χ1v) is 5.75. The average molecular weight is 190 g/mol. The summed E-state index contributed by atoms with van der Waals surface area (Å²) in [6.07, 6.45) is 8.70. The van der Waals surface area contributed by atoms with E-state index in [2.05, 4.69) is 29.0 Å². The third kappa shape index (κ3) is 1.33. The van der Waals surface area contributed by atoms with Crippen LogP contribution in [0.4, 0.5) is 0 Å². The summed E-state index contributed by atoms with van der Waals surface area (Å²) in [5.74, 6) is 0. The van der Waals surface area contributed by atoms with Gasteiger partial charge in [-0.25, -0.2) is 0 Å². The zero-order chi connectivity index (χ0) is 9.60. The van der Waals surface area contributed by atoms with Crippen molar-refractivity contribution < 1.29 is 0 Å². The summed E-state index contributed by atoms with van der Waals surface area (Å²) < 4.78 is 0. The van der Waals surface area contributed by atoms with Crippen LogP contribution in [0.1, 0.15) is 26.2 Å². The average Bonchev–Trinajstić information content (AvgIpc) is 2.60. The molecule has 2 heteroatoms. The molecule has 2 aliphatic heterocycles. The third-order valence-corrected chi connectivity index (χ3v) is 3.81. The number of aliphatic imine (C=N–C) groups is 1. The summed E-state index contributed by atoms with van der Waals surface area (Å²) in [5, 5.41) is 0. The zero-order valence-electron chi connectivity index (χ0n) is 8.87. The summed E-state index contributed by atoms with van der Waals surface area (Å²) in [5.41, 5.74) is 1.66. The smallest absolute Gasteiger partial charge is 0.0616 e. The molecule has 0 radical (unpaired) electrons. The Morgan fingerprint density at radius 3 is 3.00 bits per heavy atom. The molecule has 0 aromatic heterocycles. The summed E-state index contributed by atoms with van der Waals surface area (Å²) >= 11 is 0. The van der Waals surface area contributed by atoms with E-state index in [4.69, 9.17) is 0 Å². The van der Waals surface area contributed by atoms with Crippen molar-refractivity contribution in [3.63, 3.8) is 0 Å². The van der Waals surface area contributed by atoms with Crippen molar-refractivity contribution in [3.05, 3.63) is 12.2 Å². The van der Waals surface area contributed by atoms with Crippen molar-refractivity contribution in [3.8, 4) is 0 Å². The predicted octanol–water partition coefficient (Wildman–Crippen LogP) is 1.87. The molecule has 3 rings (SSSR count). The normalized spacial score (nSPS) is 40.9. The molecule has 0 N–H and O–H groups in total. The van der Waals surface area contributed by atoms with E-state index in [1.807, 2.05) is 0 Å². The highest BCUT2D eigenvalue weighted by molar-refractivity contribution is 5.94.